The zero-order valence-corrected chi connectivity index (χ0v) is 24.2. The number of β-amino-alcohol motifs (C(OH)–C–C–N with tert-alkyl or cyclic N) is 1. The predicted molar refractivity (Wildman–Crippen MR) is 166 cm³/mol. The highest BCUT2D eigenvalue weighted by Crippen LogP contribution is 2.29. The van der Waals surface area contributed by atoms with Gasteiger partial charge in [-0.2, -0.15) is 5.26 Å². The first-order valence-corrected chi connectivity index (χ1v) is 14.2. The van der Waals surface area contributed by atoms with Crippen molar-refractivity contribution in [2.75, 3.05) is 13.2 Å². The maximum absolute atomic E-state index is 14.0. The SMILES string of the molecule is C[C@@H](NC(=O)N(C[C@@H](O)COc1ccccc1C#N)C(C)(C)Cc1c[nH]c2ccccc12)c1cccc2ccccc12. The second-order valence-corrected chi connectivity index (χ2v) is 11.3. The van der Waals surface area contributed by atoms with Crippen molar-refractivity contribution < 1.29 is 14.6 Å². The van der Waals surface area contributed by atoms with Gasteiger partial charge in [0, 0.05) is 22.6 Å². The summed E-state index contributed by atoms with van der Waals surface area (Å²) in [7, 11) is 0. The Labute approximate surface area is 246 Å². The Kier molecular flexibility index (Phi) is 8.46. The van der Waals surface area contributed by atoms with Crippen LogP contribution in [0.15, 0.2) is 97.2 Å². The molecule has 0 bridgehead atoms. The monoisotopic (exact) mass is 560 g/mol. The number of hydrogen-bond donors (Lipinski definition) is 3. The molecule has 7 heteroatoms. The number of amides is 2. The molecule has 0 saturated heterocycles. The number of hydrogen-bond acceptors (Lipinski definition) is 4. The molecule has 7 nitrogen and oxygen atoms in total. The minimum atomic E-state index is -0.988. The zero-order chi connectivity index (χ0) is 29.7. The lowest BCUT2D eigenvalue weighted by atomic mass is 9.92. The van der Waals surface area contributed by atoms with Crippen LogP contribution in [0.2, 0.25) is 0 Å². The van der Waals surface area contributed by atoms with E-state index in [9.17, 15) is 15.2 Å². The Bertz CT molecular complexity index is 1730. The molecular formula is C35H36N4O3. The van der Waals surface area contributed by atoms with Crippen LogP contribution in [0.25, 0.3) is 21.7 Å². The number of benzene rings is 4. The normalized spacial score (nSPS) is 12.9. The maximum Gasteiger partial charge on any atom is 0.318 e. The van der Waals surface area contributed by atoms with Crippen LogP contribution in [0.5, 0.6) is 5.75 Å². The van der Waals surface area contributed by atoms with Gasteiger partial charge in [-0.15, -0.1) is 0 Å². The molecule has 0 aliphatic rings. The maximum atomic E-state index is 14.0. The smallest absolute Gasteiger partial charge is 0.318 e. The summed E-state index contributed by atoms with van der Waals surface area (Å²) in [5, 5.41) is 27.0. The van der Waals surface area contributed by atoms with Crippen molar-refractivity contribution in [3.05, 3.63) is 114 Å². The molecule has 0 saturated carbocycles. The third kappa shape index (κ3) is 6.24. The van der Waals surface area contributed by atoms with Crippen molar-refractivity contribution in [3.8, 4) is 11.8 Å². The van der Waals surface area contributed by atoms with Crippen LogP contribution in [-0.2, 0) is 6.42 Å². The number of aliphatic hydroxyl groups excluding tert-OH is 1. The third-order valence-corrected chi connectivity index (χ3v) is 7.74. The minimum absolute atomic E-state index is 0.0398. The number of rotatable bonds is 10. The lowest BCUT2D eigenvalue weighted by Gasteiger charge is -2.40. The summed E-state index contributed by atoms with van der Waals surface area (Å²) in [6.07, 6.45) is 1.56. The number of aromatic amines is 1. The molecule has 1 heterocycles. The van der Waals surface area contributed by atoms with E-state index in [1.807, 2.05) is 69.4 Å². The van der Waals surface area contributed by atoms with Crippen LogP contribution in [0.3, 0.4) is 0 Å². The Morgan fingerprint density at radius 3 is 2.50 bits per heavy atom. The Morgan fingerprint density at radius 2 is 1.69 bits per heavy atom. The van der Waals surface area contributed by atoms with Gasteiger partial charge in [-0.05, 0) is 67.3 Å². The van der Waals surface area contributed by atoms with E-state index in [1.165, 1.54) is 0 Å². The topological polar surface area (TPSA) is 101 Å². The fourth-order valence-electron chi connectivity index (χ4n) is 5.55. The van der Waals surface area contributed by atoms with Gasteiger partial charge in [0.25, 0.3) is 0 Å². The number of nitrogens with one attached hydrogen (secondary N) is 2. The van der Waals surface area contributed by atoms with E-state index in [1.54, 1.807) is 29.2 Å². The Balaban J connectivity index is 1.39. The van der Waals surface area contributed by atoms with Crippen LogP contribution < -0.4 is 10.1 Å². The van der Waals surface area contributed by atoms with Crippen molar-refractivity contribution >= 4 is 27.7 Å². The molecule has 0 radical (unpaired) electrons. The molecule has 214 valence electrons. The van der Waals surface area contributed by atoms with Gasteiger partial charge in [-0.25, -0.2) is 4.79 Å². The fourth-order valence-corrected chi connectivity index (χ4v) is 5.55. The molecule has 2 amide bonds. The molecule has 5 rings (SSSR count). The summed E-state index contributed by atoms with van der Waals surface area (Å²) in [4.78, 5) is 19.0. The molecule has 42 heavy (non-hydrogen) atoms. The summed E-state index contributed by atoms with van der Waals surface area (Å²) in [6, 6.07) is 30.8. The quantitative estimate of drug-likeness (QED) is 0.176. The number of H-pyrrole nitrogens is 1. The molecule has 0 fully saturated rings. The van der Waals surface area contributed by atoms with Crippen molar-refractivity contribution in [2.45, 2.75) is 44.9 Å². The second-order valence-electron chi connectivity index (χ2n) is 11.3. The molecule has 0 aliphatic heterocycles. The van der Waals surface area contributed by atoms with E-state index >= 15 is 0 Å². The highest BCUT2D eigenvalue weighted by atomic mass is 16.5. The molecule has 0 aliphatic carbocycles. The van der Waals surface area contributed by atoms with Gasteiger partial charge in [0.2, 0.25) is 0 Å². The van der Waals surface area contributed by atoms with Gasteiger partial charge < -0.3 is 25.0 Å². The second kappa shape index (κ2) is 12.4. The lowest BCUT2D eigenvalue weighted by molar-refractivity contribution is 0.0455. The van der Waals surface area contributed by atoms with Crippen molar-refractivity contribution in [1.82, 2.24) is 15.2 Å². The molecule has 1 aromatic heterocycles. The number of fused-ring (bicyclic) bond motifs is 2. The Hall–Kier alpha value is -4.80. The number of carbonyl (C=O) groups excluding carboxylic acids is 1. The molecule has 5 aromatic rings. The predicted octanol–water partition coefficient (Wildman–Crippen LogP) is 6.73. The number of nitriles is 1. The number of para-hydroxylation sites is 2. The van der Waals surface area contributed by atoms with E-state index in [-0.39, 0.29) is 25.2 Å². The van der Waals surface area contributed by atoms with Crippen LogP contribution >= 0.6 is 0 Å². The van der Waals surface area contributed by atoms with Gasteiger partial charge in [0.1, 0.15) is 24.5 Å². The number of nitrogens with zero attached hydrogens (tertiary/aromatic N) is 2. The summed E-state index contributed by atoms with van der Waals surface area (Å²) < 4.78 is 5.81. The molecule has 2 atom stereocenters. The average molecular weight is 561 g/mol. The first-order valence-electron chi connectivity index (χ1n) is 14.2. The van der Waals surface area contributed by atoms with E-state index in [2.05, 4.69) is 40.6 Å². The number of aromatic nitrogens is 1. The first-order chi connectivity index (χ1) is 20.3. The van der Waals surface area contributed by atoms with Crippen LogP contribution in [-0.4, -0.2) is 45.8 Å². The van der Waals surface area contributed by atoms with E-state index in [0.29, 0.717) is 17.7 Å². The summed E-state index contributed by atoms with van der Waals surface area (Å²) in [5.74, 6) is 0.401. The number of aliphatic hydroxyl groups is 1. The van der Waals surface area contributed by atoms with E-state index in [0.717, 1.165) is 32.8 Å². The number of ether oxygens (including phenoxy) is 1. The molecule has 3 N–H and O–H groups in total. The van der Waals surface area contributed by atoms with E-state index < -0.39 is 11.6 Å². The van der Waals surface area contributed by atoms with Crippen LogP contribution in [0, 0.1) is 11.3 Å². The largest absolute Gasteiger partial charge is 0.489 e. The van der Waals surface area contributed by atoms with E-state index in [4.69, 9.17) is 4.74 Å². The Morgan fingerprint density at radius 1 is 1.00 bits per heavy atom. The molecular weight excluding hydrogens is 524 g/mol. The summed E-state index contributed by atoms with van der Waals surface area (Å²) in [6.45, 7) is 5.97. The third-order valence-electron chi connectivity index (χ3n) is 7.74. The standard InChI is InChI=1S/C35H36N4O3/c1-24(29-16-10-13-25-11-4-6-14-30(25)29)38-34(41)39(22-28(40)23-42-33-18-9-5-12-26(33)20-36)35(2,3)19-27-21-37-32-17-8-7-15-31(27)32/h4-18,21,24,28,37,40H,19,22-23H2,1-3H3,(H,38,41)/t24-,28-/m1/s1. The molecule has 0 spiro atoms. The van der Waals surface area contributed by atoms with Gasteiger partial charge in [-0.1, -0.05) is 72.8 Å². The van der Waals surface area contributed by atoms with Gasteiger partial charge in [0.05, 0.1) is 18.2 Å². The molecule has 4 aromatic carbocycles. The van der Waals surface area contributed by atoms with Gasteiger partial charge >= 0.3 is 6.03 Å². The number of urea groups is 1. The highest BCUT2D eigenvalue weighted by Gasteiger charge is 2.34. The first kappa shape index (κ1) is 28.7. The van der Waals surface area contributed by atoms with Crippen molar-refractivity contribution in [3.63, 3.8) is 0 Å². The molecule has 0 unspecified atom stereocenters. The average Bonchev–Trinajstić information content (AvgIpc) is 3.40. The lowest BCUT2D eigenvalue weighted by Crippen LogP contribution is -2.56. The van der Waals surface area contributed by atoms with Gasteiger partial charge in [-0.3, -0.25) is 0 Å². The van der Waals surface area contributed by atoms with Crippen LogP contribution in [0.4, 0.5) is 4.79 Å². The van der Waals surface area contributed by atoms with Crippen molar-refractivity contribution in [1.29, 1.82) is 5.26 Å². The van der Waals surface area contributed by atoms with Crippen molar-refractivity contribution in [2.24, 2.45) is 0 Å². The van der Waals surface area contributed by atoms with Crippen LogP contribution in [0.1, 0.15) is 43.5 Å². The fraction of sp³-hybridized carbons (Fsp3) is 0.257. The minimum Gasteiger partial charge on any atom is -0.489 e. The summed E-state index contributed by atoms with van der Waals surface area (Å²) >= 11 is 0. The van der Waals surface area contributed by atoms with Gasteiger partial charge in [0.15, 0.2) is 0 Å². The number of carbonyl (C=O) groups is 1. The zero-order valence-electron chi connectivity index (χ0n) is 24.2. The summed E-state index contributed by atoms with van der Waals surface area (Å²) in [5.41, 5.74) is 2.87. The highest BCUT2D eigenvalue weighted by molar-refractivity contribution is 5.87.